The average Bonchev–Trinajstić information content (AvgIpc) is 2.60. The van der Waals surface area contributed by atoms with Gasteiger partial charge < -0.3 is 23.7 Å². The molecule has 0 aliphatic carbocycles. The summed E-state index contributed by atoms with van der Waals surface area (Å²) in [4.78, 5) is 34.4. The van der Waals surface area contributed by atoms with E-state index in [0.717, 1.165) is 19.3 Å². The third-order valence-corrected chi connectivity index (χ3v) is 4.53. The summed E-state index contributed by atoms with van der Waals surface area (Å²) in [5.74, 6) is -1.89. The normalized spacial score (nSPS) is 27.1. The van der Waals surface area contributed by atoms with E-state index in [2.05, 4.69) is 6.92 Å². The standard InChI is InChI=1S/C20H34O8/c1-6-7-8-9-10-11-24-20-13(2)18(26-15(4)22)19(27-16(5)23)17(28-20)12-25-14(3)21/h13,17-20H,6-12H2,1-5H3/t13?,17-,18?,19-,20+/m1/s1. The zero-order valence-corrected chi connectivity index (χ0v) is 17.6. The quantitative estimate of drug-likeness (QED) is 0.296. The van der Waals surface area contributed by atoms with E-state index >= 15 is 0 Å². The van der Waals surface area contributed by atoms with Crippen LogP contribution in [0.4, 0.5) is 0 Å². The van der Waals surface area contributed by atoms with Gasteiger partial charge in [-0.3, -0.25) is 14.4 Å². The van der Waals surface area contributed by atoms with Gasteiger partial charge in [0.15, 0.2) is 12.4 Å². The van der Waals surface area contributed by atoms with Crippen molar-refractivity contribution in [1.29, 1.82) is 0 Å². The Morgan fingerprint density at radius 1 is 0.857 bits per heavy atom. The van der Waals surface area contributed by atoms with E-state index < -0.39 is 42.5 Å². The van der Waals surface area contributed by atoms with Gasteiger partial charge in [-0.05, 0) is 6.42 Å². The molecule has 1 saturated heterocycles. The van der Waals surface area contributed by atoms with Crippen molar-refractivity contribution in [2.24, 2.45) is 5.92 Å². The second-order valence-corrected chi connectivity index (χ2v) is 7.14. The van der Waals surface area contributed by atoms with Crippen LogP contribution in [0.25, 0.3) is 0 Å². The maximum Gasteiger partial charge on any atom is 0.303 e. The van der Waals surface area contributed by atoms with E-state index in [1.807, 2.05) is 6.92 Å². The Labute approximate surface area is 167 Å². The first-order chi connectivity index (χ1) is 13.3. The average molecular weight is 402 g/mol. The monoisotopic (exact) mass is 402 g/mol. The fourth-order valence-electron chi connectivity index (χ4n) is 3.17. The number of esters is 3. The summed E-state index contributed by atoms with van der Waals surface area (Å²) >= 11 is 0. The van der Waals surface area contributed by atoms with E-state index in [1.54, 1.807) is 0 Å². The zero-order valence-electron chi connectivity index (χ0n) is 17.6. The topological polar surface area (TPSA) is 97.4 Å². The summed E-state index contributed by atoms with van der Waals surface area (Å²) in [5.41, 5.74) is 0. The molecule has 0 N–H and O–H groups in total. The van der Waals surface area contributed by atoms with Crippen molar-refractivity contribution in [2.45, 2.75) is 91.3 Å². The maximum absolute atomic E-state index is 11.6. The Kier molecular flexibility index (Phi) is 11.1. The minimum absolute atomic E-state index is 0.131. The van der Waals surface area contributed by atoms with Crippen LogP contribution in [0.2, 0.25) is 0 Å². The van der Waals surface area contributed by atoms with Crippen LogP contribution < -0.4 is 0 Å². The van der Waals surface area contributed by atoms with Crippen LogP contribution in [0.1, 0.15) is 66.7 Å². The molecule has 1 rings (SSSR count). The number of ether oxygens (including phenoxy) is 5. The molecule has 1 fully saturated rings. The minimum atomic E-state index is -0.889. The number of hydrogen-bond donors (Lipinski definition) is 0. The van der Waals surface area contributed by atoms with Crippen LogP contribution in [0.3, 0.4) is 0 Å². The molecule has 8 nitrogen and oxygen atoms in total. The molecule has 1 heterocycles. The van der Waals surface area contributed by atoms with Crippen LogP contribution >= 0.6 is 0 Å². The maximum atomic E-state index is 11.6. The summed E-state index contributed by atoms with van der Waals surface area (Å²) in [6.45, 7) is 8.17. The molecule has 2 unspecified atom stereocenters. The molecule has 0 bridgehead atoms. The van der Waals surface area contributed by atoms with Gasteiger partial charge in [0, 0.05) is 33.3 Å². The van der Waals surface area contributed by atoms with Crippen molar-refractivity contribution >= 4 is 17.9 Å². The molecule has 162 valence electrons. The van der Waals surface area contributed by atoms with Crippen molar-refractivity contribution in [3.63, 3.8) is 0 Å². The Morgan fingerprint density at radius 3 is 2.04 bits per heavy atom. The molecular weight excluding hydrogens is 368 g/mol. The lowest BCUT2D eigenvalue weighted by atomic mass is 9.92. The minimum Gasteiger partial charge on any atom is -0.463 e. The van der Waals surface area contributed by atoms with E-state index in [1.165, 1.54) is 33.6 Å². The fourth-order valence-corrected chi connectivity index (χ4v) is 3.17. The number of hydrogen-bond acceptors (Lipinski definition) is 8. The Bertz CT molecular complexity index is 506. The first-order valence-corrected chi connectivity index (χ1v) is 10.0. The molecule has 8 heteroatoms. The molecule has 0 aromatic carbocycles. The lowest BCUT2D eigenvalue weighted by molar-refractivity contribution is -0.288. The van der Waals surface area contributed by atoms with Crippen LogP contribution in [-0.4, -0.2) is 55.7 Å². The van der Waals surface area contributed by atoms with Crippen LogP contribution in [-0.2, 0) is 38.1 Å². The van der Waals surface area contributed by atoms with Gasteiger partial charge in [0.1, 0.15) is 18.8 Å². The van der Waals surface area contributed by atoms with Crippen molar-refractivity contribution in [3.05, 3.63) is 0 Å². The second kappa shape index (κ2) is 12.7. The molecule has 1 aliphatic rings. The van der Waals surface area contributed by atoms with E-state index in [-0.39, 0.29) is 12.5 Å². The largest absolute Gasteiger partial charge is 0.463 e. The molecule has 0 amide bonds. The summed E-state index contributed by atoms with van der Waals surface area (Å²) in [6, 6.07) is 0. The van der Waals surface area contributed by atoms with Crippen LogP contribution in [0.15, 0.2) is 0 Å². The lowest BCUT2D eigenvalue weighted by Gasteiger charge is -2.43. The predicted octanol–water partition coefficient (Wildman–Crippen LogP) is 2.76. The van der Waals surface area contributed by atoms with Gasteiger partial charge in [-0.25, -0.2) is 0 Å². The van der Waals surface area contributed by atoms with Crippen molar-refractivity contribution in [1.82, 2.24) is 0 Å². The highest BCUT2D eigenvalue weighted by atomic mass is 16.7. The third-order valence-electron chi connectivity index (χ3n) is 4.53. The number of unbranched alkanes of at least 4 members (excludes halogenated alkanes) is 4. The first-order valence-electron chi connectivity index (χ1n) is 10.0. The Morgan fingerprint density at radius 2 is 1.46 bits per heavy atom. The van der Waals surface area contributed by atoms with Crippen LogP contribution in [0.5, 0.6) is 0 Å². The highest BCUT2D eigenvalue weighted by molar-refractivity contribution is 5.67. The predicted molar refractivity (Wildman–Crippen MR) is 100 cm³/mol. The summed E-state index contributed by atoms with van der Waals surface area (Å²) in [7, 11) is 0. The molecule has 5 atom stereocenters. The van der Waals surface area contributed by atoms with Gasteiger partial charge in [-0.1, -0.05) is 39.5 Å². The second-order valence-electron chi connectivity index (χ2n) is 7.14. The SMILES string of the molecule is CCCCCCCO[C@H]1O[C@H](COC(C)=O)[C@@H](OC(C)=O)C(OC(C)=O)C1C. The molecule has 0 aromatic heterocycles. The summed E-state index contributed by atoms with van der Waals surface area (Å²) in [6.07, 6.45) is 2.37. The molecule has 0 radical (unpaired) electrons. The van der Waals surface area contributed by atoms with Gasteiger partial charge in [-0.15, -0.1) is 0 Å². The molecule has 1 aliphatic heterocycles. The summed E-state index contributed by atoms with van der Waals surface area (Å²) < 4.78 is 27.6. The molecule has 0 saturated carbocycles. The Balaban J connectivity index is 2.83. The highest BCUT2D eigenvalue weighted by Crippen LogP contribution is 2.31. The van der Waals surface area contributed by atoms with Gasteiger partial charge in [0.2, 0.25) is 0 Å². The lowest BCUT2D eigenvalue weighted by Crippen LogP contribution is -2.58. The van der Waals surface area contributed by atoms with Gasteiger partial charge in [0.05, 0.1) is 0 Å². The molecular formula is C20H34O8. The third kappa shape index (κ3) is 8.56. The van der Waals surface area contributed by atoms with Crippen LogP contribution in [0, 0.1) is 5.92 Å². The smallest absolute Gasteiger partial charge is 0.303 e. The molecule has 0 spiro atoms. The molecule has 28 heavy (non-hydrogen) atoms. The first kappa shape index (κ1) is 24.4. The Hall–Kier alpha value is -1.67. The fraction of sp³-hybridized carbons (Fsp3) is 0.850. The highest BCUT2D eigenvalue weighted by Gasteiger charge is 2.48. The van der Waals surface area contributed by atoms with E-state index in [4.69, 9.17) is 23.7 Å². The van der Waals surface area contributed by atoms with Crippen molar-refractivity contribution < 1.29 is 38.1 Å². The van der Waals surface area contributed by atoms with Gasteiger partial charge in [0.25, 0.3) is 0 Å². The summed E-state index contributed by atoms with van der Waals surface area (Å²) in [5, 5.41) is 0. The number of rotatable bonds is 11. The zero-order chi connectivity index (χ0) is 21.1. The van der Waals surface area contributed by atoms with E-state index in [9.17, 15) is 14.4 Å². The van der Waals surface area contributed by atoms with E-state index in [0.29, 0.717) is 6.61 Å². The van der Waals surface area contributed by atoms with Gasteiger partial charge >= 0.3 is 17.9 Å². The number of carbonyl (C=O) groups is 3. The van der Waals surface area contributed by atoms with Crippen molar-refractivity contribution in [3.8, 4) is 0 Å². The number of carbonyl (C=O) groups excluding carboxylic acids is 3. The van der Waals surface area contributed by atoms with Crippen molar-refractivity contribution in [2.75, 3.05) is 13.2 Å². The van der Waals surface area contributed by atoms with Gasteiger partial charge in [-0.2, -0.15) is 0 Å². The molecule has 0 aromatic rings.